The van der Waals surface area contributed by atoms with Crippen LogP contribution in [0.25, 0.3) is 16.5 Å². The highest BCUT2D eigenvalue weighted by Crippen LogP contribution is 2.32. The minimum Gasteiger partial charge on any atom is -0.508 e. The van der Waals surface area contributed by atoms with Gasteiger partial charge in [-0.05, 0) is 42.5 Å². The van der Waals surface area contributed by atoms with Gasteiger partial charge in [0.15, 0.2) is 0 Å². The molecule has 0 bridgehead atoms. The summed E-state index contributed by atoms with van der Waals surface area (Å²) in [4.78, 5) is 0.134. The molecule has 35 heavy (non-hydrogen) atoms. The summed E-state index contributed by atoms with van der Waals surface area (Å²) in [7, 11) is -2.39. The molecule has 172 valence electrons. The first-order chi connectivity index (χ1) is 16.8. The second-order valence-electron chi connectivity index (χ2n) is 7.56. The number of rotatable bonds is 5. The first kappa shape index (κ1) is 23.5. The van der Waals surface area contributed by atoms with E-state index in [0.717, 1.165) is 0 Å². The van der Waals surface area contributed by atoms with Crippen LogP contribution in [0, 0.1) is 24.2 Å². The van der Waals surface area contributed by atoms with Crippen molar-refractivity contribution in [3.05, 3.63) is 108 Å². The molecule has 0 radical (unpaired) electrons. The molecule has 0 unspecified atom stereocenters. The second-order valence-corrected chi connectivity index (χ2v) is 9.21. The SMILES string of the molecule is C#Cc1cc(C#Cc2ccccc2NS(=O)(=O)c2ccc(OC)c3ccccc23)ccc1C(=C)O. The number of fused-ring (bicyclic) bond motifs is 1. The van der Waals surface area contributed by atoms with Crippen LogP contribution in [0.3, 0.4) is 0 Å². The molecular weight excluding hydrogens is 458 g/mol. The quantitative estimate of drug-likeness (QED) is 0.290. The number of benzene rings is 4. The van der Waals surface area contributed by atoms with Gasteiger partial charge in [-0.3, -0.25) is 4.72 Å². The van der Waals surface area contributed by atoms with E-state index in [0.29, 0.717) is 44.5 Å². The fourth-order valence-corrected chi connectivity index (χ4v) is 4.96. The fraction of sp³-hybridized carbons (Fsp3) is 0.0345. The van der Waals surface area contributed by atoms with Crippen molar-refractivity contribution in [3.8, 4) is 29.9 Å². The number of aliphatic hydroxyl groups is 1. The van der Waals surface area contributed by atoms with E-state index in [-0.39, 0.29) is 10.7 Å². The molecule has 0 atom stereocenters. The Kier molecular flexibility index (Phi) is 6.51. The van der Waals surface area contributed by atoms with Gasteiger partial charge in [-0.1, -0.05) is 60.7 Å². The molecule has 6 heteroatoms. The number of hydrogen-bond donors (Lipinski definition) is 2. The molecule has 0 spiro atoms. The molecule has 0 fully saturated rings. The Morgan fingerprint density at radius 2 is 1.66 bits per heavy atom. The standard InChI is InChI=1S/C29H21NO4S/c1-4-22-19-21(14-16-24(22)20(2)31)13-15-23-9-5-8-12-27(23)30-35(32,33)29-18-17-28(34-3)25-10-6-7-11-26(25)29/h1,5-12,14,16-19,30-31H,2H2,3H3. The summed E-state index contributed by atoms with van der Waals surface area (Å²) in [6.07, 6.45) is 5.54. The summed E-state index contributed by atoms with van der Waals surface area (Å²) in [6.45, 7) is 3.51. The van der Waals surface area contributed by atoms with Crippen molar-refractivity contribution in [1.82, 2.24) is 0 Å². The van der Waals surface area contributed by atoms with Gasteiger partial charge in [0.1, 0.15) is 11.5 Å². The first-order valence-electron chi connectivity index (χ1n) is 10.5. The number of methoxy groups -OCH3 is 1. The van der Waals surface area contributed by atoms with Gasteiger partial charge in [0.25, 0.3) is 10.0 Å². The van der Waals surface area contributed by atoms with E-state index < -0.39 is 10.0 Å². The molecule has 2 N–H and O–H groups in total. The molecule has 0 aliphatic heterocycles. The van der Waals surface area contributed by atoms with E-state index in [2.05, 4.69) is 29.1 Å². The minimum absolute atomic E-state index is 0.122. The molecule has 4 aromatic rings. The van der Waals surface area contributed by atoms with Crippen molar-refractivity contribution in [2.75, 3.05) is 11.8 Å². The number of nitrogens with one attached hydrogen (secondary N) is 1. The van der Waals surface area contributed by atoms with E-state index in [1.54, 1.807) is 67.8 Å². The zero-order valence-corrected chi connectivity index (χ0v) is 19.7. The lowest BCUT2D eigenvalue weighted by Crippen LogP contribution is -2.14. The number of para-hydroxylation sites is 1. The number of terminal acetylenes is 1. The molecule has 0 amide bonds. The summed E-state index contributed by atoms with van der Waals surface area (Å²) < 4.78 is 34.8. The molecule has 4 rings (SSSR count). The molecule has 0 heterocycles. The van der Waals surface area contributed by atoms with E-state index in [1.165, 1.54) is 6.07 Å². The number of hydrogen-bond acceptors (Lipinski definition) is 4. The van der Waals surface area contributed by atoms with Gasteiger partial charge in [0.2, 0.25) is 0 Å². The van der Waals surface area contributed by atoms with E-state index in [9.17, 15) is 13.5 Å². The Hall–Kier alpha value is -4.65. The molecule has 0 aliphatic carbocycles. The molecular formula is C29H21NO4S. The van der Waals surface area contributed by atoms with Crippen molar-refractivity contribution in [2.24, 2.45) is 0 Å². The van der Waals surface area contributed by atoms with Crippen LogP contribution >= 0.6 is 0 Å². The highest BCUT2D eigenvalue weighted by Gasteiger charge is 2.20. The lowest BCUT2D eigenvalue weighted by molar-refractivity contribution is 0.419. The Balaban J connectivity index is 1.71. The highest BCUT2D eigenvalue weighted by atomic mass is 32.2. The average molecular weight is 480 g/mol. The number of ether oxygens (including phenoxy) is 1. The third kappa shape index (κ3) is 4.84. The predicted octanol–water partition coefficient (Wildman–Crippen LogP) is 5.56. The maximum atomic E-state index is 13.4. The van der Waals surface area contributed by atoms with Crippen LogP contribution in [-0.4, -0.2) is 20.6 Å². The fourth-order valence-electron chi connectivity index (χ4n) is 3.67. The Bertz CT molecular complexity index is 1670. The Morgan fingerprint density at radius 3 is 2.37 bits per heavy atom. The summed E-state index contributed by atoms with van der Waals surface area (Å²) in [5.41, 5.74) is 2.37. The van der Waals surface area contributed by atoms with Crippen LogP contribution in [0.5, 0.6) is 5.75 Å². The summed E-state index contributed by atoms with van der Waals surface area (Å²) in [5, 5.41) is 10.9. The molecule has 0 saturated carbocycles. The average Bonchev–Trinajstić information content (AvgIpc) is 2.86. The van der Waals surface area contributed by atoms with Crippen LogP contribution in [0.15, 0.2) is 90.3 Å². The summed E-state index contributed by atoms with van der Waals surface area (Å²) in [5.74, 6) is 8.99. The topological polar surface area (TPSA) is 75.6 Å². The van der Waals surface area contributed by atoms with Crippen molar-refractivity contribution in [1.29, 1.82) is 0 Å². The van der Waals surface area contributed by atoms with Gasteiger partial charge in [-0.25, -0.2) is 8.42 Å². The van der Waals surface area contributed by atoms with E-state index >= 15 is 0 Å². The lowest BCUT2D eigenvalue weighted by atomic mass is 10.0. The normalized spacial score (nSPS) is 10.6. The third-order valence-corrected chi connectivity index (χ3v) is 6.78. The minimum atomic E-state index is -3.93. The van der Waals surface area contributed by atoms with Crippen LogP contribution in [0.4, 0.5) is 5.69 Å². The van der Waals surface area contributed by atoms with Crippen LogP contribution in [0.2, 0.25) is 0 Å². The number of sulfonamides is 1. The lowest BCUT2D eigenvalue weighted by Gasteiger charge is -2.13. The van der Waals surface area contributed by atoms with Gasteiger partial charge in [-0.2, -0.15) is 0 Å². The maximum Gasteiger partial charge on any atom is 0.262 e. The van der Waals surface area contributed by atoms with Gasteiger partial charge < -0.3 is 9.84 Å². The molecule has 0 aliphatic rings. The predicted molar refractivity (Wildman–Crippen MR) is 140 cm³/mol. The zero-order valence-electron chi connectivity index (χ0n) is 18.9. The van der Waals surface area contributed by atoms with Crippen LogP contribution in [-0.2, 0) is 10.0 Å². The van der Waals surface area contributed by atoms with Crippen LogP contribution in [0.1, 0.15) is 22.3 Å². The maximum absolute atomic E-state index is 13.4. The van der Waals surface area contributed by atoms with E-state index in [4.69, 9.17) is 11.2 Å². The second kappa shape index (κ2) is 9.69. The molecule has 0 saturated heterocycles. The Labute approximate surface area is 204 Å². The van der Waals surface area contributed by atoms with Crippen molar-refractivity contribution >= 4 is 32.2 Å². The van der Waals surface area contributed by atoms with Crippen molar-refractivity contribution < 1.29 is 18.3 Å². The smallest absolute Gasteiger partial charge is 0.262 e. The molecule has 4 aromatic carbocycles. The van der Waals surface area contributed by atoms with E-state index in [1.807, 2.05) is 12.1 Å². The Morgan fingerprint density at radius 1 is 0.943 bits per heavy atom. The monoisotopic (exact) mass is 479 g/mol. The van der Waals surface area contributed by atoms with Gasteiger partial charge in [0, 0.05) is 33.0 Å². The molecule has 0 aromatic heterocycles. The highest BCUT2D eigenvalue weighted by molar-refractivity contribution is 7.93. The first-order valence-corrected chi connectivity index (χ1v) is 12.0. The molecule has 5 nitrogen and oxygen atoms in total. The van der Waals surface area contributed by atoms with Gasteiger partial charge in [-0.15, -0.1) is 6.42 Å². The largest absolute Gasteiger partial charge is 0.508 e. The van der Waals surface area contributed by atoms with Crippen molar-refractivity contribution in [2.45, 2.75) is 4.90 Å². The van der Waals surface area contributed by atoms with Gasteiger partial charge >= 0.3 is 0 Å². The number of aliphatic hydroxyl groups excluding tert-OH is 1. The van der Waals surface area contributed by atoms with Gasteiger partial charge in [0.05, 0.1) is 17.7 Å². The summed E-state index contributed by atoms with van der Waals surface area (Å²) >= 11 is 0. The summed E-state index contributed by atoms with van der Waals surface area (Å²) in [6, 6.07) is 22.2. The van der Waals surface area contributed by atoms with Crippen LogP contribution < -0.4 is 9.46 Å². The number of anilines is 1. The third-order valence-electron chi connectivity index (χ3n) is 5.35. The zero-order chi connectivity index (χ0) is 25.0. The van der Waals surface area contributed by atoms with Crippen molar-refractivity contribution in [3.63, 3.8) is 0 Å².